The van der Waals surface area contributed by atoms with Gasteiger partial charge < -0.3 is 31.2 Å². The molecule has 0 heterocycles. The van der Waals surface area contributed by atoms with Gasteiger partial charge in [0.15, 0.2) is 0 Å². The van der Waals surface area contributed by atoms with Gasteiger partial charge in [-0.2, -0.15) is 0 Å². The predicted octanol–water partition coefficient (Wildman–Crippen LogP) is 0.747. The number of benzene rings is 2. The summed E-state index contributed by atoms with van der Waals surface area (Å²) in [5, 5.41) is 23.1. The molecule has 2 unspecified atom stereocenters. The van der Waals surface area contributed by atoms with E-state index >= 15 is 0 Å². The highest BCUT2D eigenvalue weighted by atomic mass is 16.6. The molecule has 0 radical (unpaired) electrons. The fourth-order valence-corrected chi connectivity index (χ4v) is 4.23. The number of carboxylic acid groups (broad SMARTS) is 1. The topological polar surface area (TPSA) is 191 Å². The lowest BCUT2D eigenvalue weighted by atomic mass is 9.85. The first-order valence-corrected chi connectivity index (χ1v) is 12.6. The number of aliphatic hydroxyl groups excluding tert-OH is 1. The number of primary amides is 1. The van der Waals surface area contributed by atoms with Gasteiger partial charge in [0.05, 0.1) is 12.5 Å². The lowest BCUT2D eigenvalue weighted by molar-refractivity contribution is -0.165. The number of hydrogen-bond acceptors (Lipinski definition) is 9. The first kappa shape index (κ1) is 30.2. The molecule has 0 fully saturated rings. The molecular formula is C29H33N3O8. The van der Waals surface area contributed by atoms with Gasteiger partial charge in [0.1, 0.15) is 18.2 Å². The normalized spacial score (nSPS) is 19.1. The second-order valence-corrected chi connectivity index (χ2v) is 9.47. The smallest absolute Gasteiger partial charge is 0.339 e. The van der Waals surface area contributed by atoms with Gasteiger partial charge in [0.2, 0.25) is 5.54 Å². The Kier molecular flexibility index (Phi) is 10.3. The molecule has 7 N–H and O–H groups in total. The summed E-state index contributed by atoms with van der Waals surface area (Å²) in [6.07, 6.45) is 4.10. The van der Waals surface area contributed by atoms with Crippen molar-refractivity contribution in [3.8, 4) is 0 Å². The minimum Gasteiger partial charge on any atom is -0.481 e. The molecule has 0 aliphatic heterocycles. The fraction of sp³-hybridized carbons (Fsp3) is 0.310. The van der Waals surface area contributed by atoms with Crippen LogP contribution < -0.4 is 16.8 Å². The number of carbonyl (C=O) groups is 4. The van der Waals surface area contributed by atoms with Crippen LogP contribution in [0.3, 0.4) is 0 Å². The molecule has 0 saturated heterocycles. The van der Waals surface area contributed by atoms with Crippen LogP contribution in [0.1, 0.15) is 24.0 Å². The second-order valence-electron chi connectivity index (χ2n) is 9.47. The van der Waals surface area contributed by atoms with E-state index in [0.717, 1.165) is 0 Å². The number of amides is 1. The van der Waals surface area contributed by atoms with Gasteiger partial charge in [-0.1, -0.05) is 78.9 Å². The molecule has 212 valence electrons. The van der Waals surface area contributed by atoms with E-state index in [1.807, 2.05) is 0 Å². The summed E-state index contributed by atoms with van der Waals surface area (Å²) in [7, 11) is 0. The van der Waals surface area contributed by atoms with Crippen molar-refractivity contribution >= 4 is 23.8 Å². The summed E-state index contributed by atoms with van der Waals surface area (Å²) in [5.41, 5.74) is 8.82. The van der Waals surface area contributed by atoms with Crippen LogP contribution in [0, 0.1) is 0 Å². The molecule has 0 saturated carbocycles. The Labute approximate surface area is 231 Å². The minimum atomic E-state index is -2.44. The van der Waals surface area contributed by atoms with E-state index in [0.29, 0.717) is 11.1 Å². The van der Waals surface area contributed by atoms with Crippen LogP contribution in [0.5, 0.6) is 0 Å². The number of hydrogen-bond donors (Lipinski definition) is 5. The average Bonchev–Trinajstić information content (AvgIpc) is 2.93. The van der Waals surface area contributed by atoms with Gasteiger partial charge in [0, 0.05) is 19.4 Å². The molecule has 11 nitrogen and oxygen atoms in total. The molecule has 0 spiro atoms. The zero-order valence-electron chi connectivity index (χ0n) is 21.8. The van der Waals surface area contributed by atoms with Crippen molar-refractivity contribution in [1.82, 2.24) is 5.32 Å². The van der Waals surface area contributed by atoms with Crippen molar-refractivity contribution in [2.75, 3.05) is 6.54 Å². The van der Waals surface area contributed by atoms with Crippen LogP contribution in [-0.2, 0) is 41.7 Å². The number of nitrogens with two attached hydrogens (primary N) is 2. The van der Waals surface area contributed by atoms with Gasteiger partial charge in [-0.25, -0.2) is 4.79 Å². The van der Waals surface area contributed by atoms with Gasteiger partial charge >= 0.3 is 17.9 Å². The van der Waals surface area contributed by atoms with Gasteiger partial charge in [-0.3, -0.25) is 19.7 Å². The first-order valence-electron chi connectivity index (χ1n) is 12.6. The number of carboxylic acids is 1. The Bertz CT molecular complexity index is 1250. The van der Waals surface area contributed by atoms with E-state index in [9.17, 15) is 24.3 Å². The summed E-state index contributed by atoms with van der Waals surface area (Å²) in [5.74, 6) is -4.60. The van der Waals surface area contributed by atoms with Crippen molar-refractivity contribution in [2.45, 2.75) is 49.2 Å². The fourth-order valence-electron chi connectivity index (χ4n) is 4.23. The molecule has 4 atom stereocenters. The quantitative estimate of drug-likeness (QED) is 0.165. The Balaban J connectivity index is 1.92. The highest BCUT2D eigenvalue weighted by Gasteiger charge is 2.53. The Morgan fingerprint density at radius 3 is 2.17 bits per heavy atom. The third kappa shape index (κ3) is 7.63. The van der Waals surface area contributed by atoms with Crippen LogP contribution in [0.2, 0.25) is 0 Å². The maximum absolute atomic E-state index is 13.6. The number of carbonyl (C=O) groups excluding carboxylic acids is 3. The predicted molar refractivity (Wildman–Crippen MR) is 144 cm³/mol. The Hall–Kier alpha value is -4.32. The van der Waals surface area contributed by atoms with Gasteiger partial charge in [-0.15, -0.1) is 0 Å². The monoisotopic (exact) mass is 551 g/mol. The minimum absolute atomic E-state index is 0.102. The largest absolute Gasteiger partial charge is 0.481 e. The van der Waals surface area contributed by atoms with E-state index in [1.54, 1.807) is 78.9 Å². The summed E-state index contributed by atoms with van der Waals surface area (Å²) in [4.78, 5) is 50.3. The standard InChI is InChI=1S/C29H33N3O8/c30-22(17-24(34)35)25(36)40-28(14-8-3-9-15-28)19-32-29(26(31)37,23(33)16-20-10-4-1-5-11-20)27(38)39-18-21-12-6-2-7-13-21/h1-14,22-23,32-33H,15-19,30H2,(H2,31,37)(H,34,35)/t22-,23?,28?,29+/m0/s1. The van der Waals surface area contributed by atoms with Crippen molar-refractivity contribution in [1.29, 1.82) is 0 Å². The number of aliphatic carboxylic acids is 1. The molecule has 40 heavy (non-hydrogen) atoms. The van der Waals surface area contributed by atoms with E-state index in [1.165, 1.54) is 6.08 Å². The molecular weight excluding hydrogens is 518 g/mol. The Morgan fingerprint density at radius 2 is 1.62 bits per heavy atom. The third-order valence-corrected chi connectivity index (χ3v) is 6.47. The molecule has 1 aliphatic rings. The summed E-state index contributed by atoms with van der Waals surface area (Å²) >= 11 is 0. The average molecular weight is 552 g/mol. The van der Waals surface area contributed by atoms with E-state index in [-0.39, 0.29) is 26.0 Å². The maximum atomic E-state index is 13.6. The van der Waals surface area contributed by atoms with Crippen molar-refractivity contribution < 1.29 is 38.9 Å². The molecule has 0 aromatic heterocycles. The van der Waals surface area contributed by atoms with Crippen LogP contribution in [0.4, 0.5) is 0 Å². The Morgan fingerprint density at radius 1 is 1.00 bits per heavy atom. The van der Waals surface area contributed by atoms with Gasteiger partial charge in [0.25, 0.3) is 5.91 Å². The molecule has 2 aromatic carbocycles. The molecule has 1 aliphatic carbocycles. The highest BCUT2D eigenvalue weighted by Crippen LogP contribution is 2.26. The summed E-state index contributed by atoms with van der Waals surface area (Å²) < 4.78 is 11.1. The van der Waals surface area contributed by atoms with Crippen LogP contribution >= 0.6 is 0 Å². The van der Waals surface area contributed by atoms with Crippen LogP contribution in [0.25, 0.3) is 0 Å². The lowest BCUT2D eigenvalue weighted by Gasteiger charge is -2.39. The van der Waals surface area contributed by atoms with E-state index in [4.69, 9.17) is 26.0 Å². The molecule has 0 bridgehead atoms. The zero-order valence-corrected chi connectivity index (χ0v) is 21.8. The maximum Gasteiger partial charge on any atom is 0.339 e. The van der Waals surface area contributed by atoms with Crippen molar-refractivity contribution in [3.05, 3.63) is 96.1 Å². The van der Waals surface area contributed by atoms with Crippen LogP contribution in [0.15, 0.2) is 85.0 Å². The highest BCUT2D eigenvalue weighted by molar-refractivity contribution is 6.07. The number of rotatable bonds is 14. The third-order valence-electron chi connectivity index (χ3n) is 6.47. The van der Waals surface area contributed by atoms with Crippen molar-refractivity contribution in [3.63, 3.8) is 0 Å². The SMILES string of the molecule is NC(=O)[C@@](NCC1(OC(=O)[C@@H](N)CC(=O)O)C=CC=CC1)(C(=O)OCc1ccccc1)C(O)Cc1ccccc1. The lowest BCUT2D eigenvalue weighted by Crippen LogP contribution is -2.70. The molecule has 2 aromatic rings. The molecule has 1 amide bonds. The van der Waals surface area contributed by atoms with E-state index in [2.05, 4.69) is 5.32 Å². The number of esters is 2. The number of allylic oxidation sites excluding steroid dienone is 2. The number of aliphatic hydroxyl groups is 1. The zero-order chi connectivity index (χ0) is 29.2. The van der Waals surface area contributed by atoms with Crippen LogP contribution in [-0.4, -0.2) is 63.9 Å². The van der Waals surface area contributed by atoms with Crippen molar-refractivity contribution in [2.24, 2.45) is 11.5 Å². The molecule has 11 heteroatoms. The first-order chi connectivity index (χ1) is 19.1. The molecule has 3 rings (SSSR count). The summed E-state index contributed by atoms with van der Waals surface area (Å²) in [6.45, 7) is -0.560. The summed E-state index contributed by atoms with van der Waals surface area (Å²) in [6, 6.07) is 16.0. The van der Waals surface area contributed by atoms with Gasteiger partial charge in [-0.05, 0) is 17.2 Å². The second kappa shape index (κ2) is 13.7. The number of ether oxygens (including phenoxy) is 2. The number of nitrogens with one attached hydrogen (secondary N) is 1. The van der Waals surface area contributed by atoms with E-state index < -0.39 is 53.5 Å².